The third-order valence-corrected chi connectivity index (χ3v) is 6.66. The minimum Gasteiger partial charge on any atom is -0.453 e. The number of hydrogen-bond donors (Lipinski definition) is 1. The number of esters is 1. The molecule has 1 fully saturated rings. The lowest BCUT2D eigenvalue weighted by molar-refractivity contribution is -0.148. The number of aromatic nitrogens is 1. The molecule has 0 bridgehead atoms. The highest BCUT2D eigenvalue weighted by Gasteiger charge is 2.34. The Labute approximate surface area is 211 Å². The summed E-state index contributed by atoms with van der Waals surface area (Å²) < 4.78 is 33.6. The highest BCUT2D eigenvalue weighted by molar-refractivity contribution is 8.93. The molecule has 1 aliphatic rings. The van der Waals surface area contributed by atoms with Gasteiger partial charge in [0.2, 0.25) is 0 Å². The largest absolute Gasteiger partial charge is 0.453 e. The number of nitrogens with one attached hydrogen (secondary N) is 1. The molecule has 0 saturated carbocycles. The monoisotopic (exact) mass is 550 g/mol. The third kappa shape index (κ3) is 6.55. The number of benzene rings is 2. The van der Waals surface area contributed by atoms with E-state index in [2.05, 4.69) is 10.3 Å². The number of rotatable bonds is 8. The van der Waals surface area contributed by atoms with E-state index in [0.29, 0.717) is 16.1 Å². The number of halogens is 3. The highest BCUT2D eigenvalue weighted by atomic mass is 79.9. The first-order valence-corrected chi connectivity index (χ1v) is 11.7. The Morgan fingerprint density at radius 2 is 1.68 bits per heavy atom. The normalized spacial score (nSPS) is 14.9. The van der Waals surface area contributed by atoms with Gasteiger partial charge >= 0.3 is 5.97 Å². The molecule has 4 rings (SSSR count). The first-order chi connectivity index (χ1) is 16.0. The molecule has 3 aromatic rings. The highest BCUT2D eigenvalue weighted by Crippen LogP contribution is 2.32. The number of ketones is 1. The predicted octanol–water partition coefficient (Wildman–Crippen LogP) is 5.52. The fourth-order valence-corrected chi connectivity index (χ4v) is 4.89. The number of ether oxygens (including phenoxy) is 1. The number of hydrogen-bond acceptors (Lipinski definition) is 6. The molecule has 1 N–H and O–H groups in total. The van der Waals surface area contributed by atoms with Crippen molar-refractivity contribution >= 4 is 40.1 Å². The fraction of sp³-hybridized carbons (Fsp3) is 0.320. The first-order valence-electron chi connectivity index (χ1n) is 10.9. The number of nitrogens with zero attached hydrogens (tertiary/aromatic N) is 1. The van der Waals surface area contributed by atoms with E-state index in [0.717, 1.165) is 25.9 Å². The molecule has 2 heterocycles. The molecule has 1 atom stereocenters. The van der Waals surface area contributed by atoms with Gasteiger partial charge in [0.15, 0.2) is 16.9 Å². The van der Waals surface area contributed by atoms with Gasteiger partial charge in [-0.25, -0.2) is 13.8 Å². The standard InChI is InChI=1S/C25H24F2N2O3S.BrH/c26-19-5-1-3-17(13-19)24(18-4-2-6-20(27)14-18)32-22(30)15-21(16-7-9-28-10-8-16)23(31)25-29-11-12-33-25;/h1-6,11-14,16,21,24,28H,7-10,15H2;1H. The molecular weight excluding hydrogens is 526 g/mol. The van der Waals surface area contributed by atoms with Crippen molar-refractivity contribution in [1.82, 2.24) is 10.3 Å². The van der Waals surface area contributed by atoms with Crippen LogP contribution < -0.4 is 5.32 Å². The minimum atomic E-state index is -0.993. The van der Waals surface area contributed by atoms with Gasteiger partial charge < -0.3 is 10.1 Å². The van der Waals surface area contributed by atoms with Crippen molar-refractivity contribution in [2.45, 2.75) is 25.4 Å². The van der Waals surface area contributed by atoms with E-state index in [1.165, 1.54) is 47.7 Å². The van der Waals surface area contributed by atoms with Gasteiger partial charge in [0, 0.05) is 17.5 Å². The fourth-order valence-electron chi connectivity index (χ4n) is 4.25. The van der Waals surface area contributed by atoms with Crippen LogP contribution in [0.2, 0.25) is 0 Å². The van der Waals surface area contributed by atoms with Gasteiger partial charge in [0.05, 0.1) is 6.42 Å². The molecule has 5 nitrogen and oxygen atoms in total. The van der Waals surface area contributed by atoms with Gasteiger partial charge in [-0.2, -0.15) is 0 Å². The second-order valence-corrected chi connectivity index (χ2v) is 8.97. The molecule has 0 radical (unpaired) electrons. The second-order valence-electron chi connectivity index (χ2n) is 8.08. The summed E-state index contributed by atoms with van der Waals surface area (Å²) >= 11 is 1.25. The van der Waals surface area contributed by atoms with E-state index < -0.39 is 29.6 Å². The first kappa shape index (κ1) is 26.1. The number of piperidine rings is 1. The Balaban J connectivity index is 0.00000324. The maximum atomic E-state index is 13.9. The number of Topliss-reactive ketones (excluding diaryl/α,β-unsaturated/α-hetero) is 1. The average Bonchev–Trinajstić information content (AvgIpc) is 3.36. The molecule has 2 aromatic carbocycles. The van der Waals surface area contributed by atoms with E-state index in [1.807, 2.05) is 0 Å². The SMILES string of the molecule is Br.O=C(CC(C(=O)c1nccs1)C1CCNCC1)OC(c1cccc(F)c1)c1cccc(F)c1. The molecule has 1 unspecified atom stereocenters. The summed E-state index contributed by atoms with van der Waals surface area (Å²) in [6, 6.07) is 11.3. The summed E-state index contributed by atoms with van der Waals surface area (Å²) in [6.45, 7) is 1.55. The molecule has 0 amide bonds. The van der Waals surface area contributed by atoms with Crippen LogP contribution in [0.5, 0.6) is 0 Å². The van der Waals surface area contributed by atoms with Crippen LogP contribution in [0.3, 0.4) is 0 Å². The second kappa shape index (κ2) is 12.3. The van der Waals surface area contributed by atoms with Gasteiger partial charge in [-0.05, 0) is 67.2 Å². The quantitative estimate of drug-likeness (QED) is 0.295. The van der Waals surface area contributed by atoms with Crippen LogP contribution in [-0.4, -0.2) is 29.8 Å². The summed E-state index contributed by atoms with van der Waals surface area (Å²) in [7, 11) is 0. The van der Waals surface area contributed by atoms with Gasteiger partial charge in [0.1, 0.15) is 11.6 Å². The van der Waals surface area contributed by atoms with Gasteiger partial charge in [-0.3, -0.25) is 9.59 Å². The Morgan fingerprint density at radius 1 is 1.06 bits per heavy atom. The zero-order valence-corrected chi connectivity index (χ0v) is 20.8. The number of carbonyl (C=O) groups excluding carboxylic acids is 2. The lowest BCUT2D eigenvalue weighted by Crippen LogP contribution is -2.36. The molecule has 34 heavy (non-hydrogen) atoms. The van der Waals surface area contributed by atoms with Crippen molar-refractivity contribution in [3.05, 3.63) is 87.9 Å². The molecule has 0 aliphatic carbocycles. The average molecular weight is 551 g/mol. The molecule has 1 aliphatic heterocycles. The number of carbonyl (C=O) groups is 2. The van der Waals surface area contributed by atoms with Crippen LogP contribution >= 0.6 is 28.3 Å². The van der Waals surface area contributed by atoms with E-state index in [4.69, 9.17) is 4.74 Å². The predicted molar refractivity (Wildman–Crippen MR) is 131 cm³/mol. The van der Waals surface area contributed by atoms with Crippen molar-refractivity contribution in [3.8, 4) is 0 Å². The summed E-state index contributed by atoms with van der Waals surface area (Å²) in [5, 5.41) is 5.38. The van der Waals surface area contributed by atoms with Gasteiger partial charge in [0.25, 0.3) is 0 Å². The summed E-state index contributed by atoms with van der Waals surface area (Å²) in [6.07, 6.45) is 2.00. The van der Waals surface area contributed by atoms with E-state index >= 15 is 0 Å². The van der Waals surface area contributed by atoms with Gasteiger partial charge in [-0.1, -0.05) is 24.3 Å². The van der Waals surface area contributed by atoms with Gasteiger partial charge in [-0.15, -0.1) is 28.3 Å². The van der Waals surface area contributed by atoms with Crippen molar-refractivity contribution in [2.75, 3.05) is 13.1 Å². The maximum absolute atomic E-state index is 13.9. The minimum absolute atomic E-state index is 0. The molecule has 0 spiro atoms. The van der Waals surface area contributed by atoms with Crippen molar-refractivity contribution < 1.29 is 23.1 Å². The van der Waals surface area contributed by atoms with E-state index in [9.17, 15) is 18.4 Å². The summed E-state index contributed by atoms with van der Waals surface area (Å²) in [4.78, 5) is 30.4. The zero-order valence-electron chi connectivity index (χ0n) is 18.3. The van der Waals surface area contributed by atoms with Crippen molar-refractivity contribution in [2.24, 2.45) is 11.8 Å². The molecule has 1 aromatic heterocycles. The Kier molecular flexibility index (Phi) is 9.44. The third-order valence-electron chi connectivity index (χ3n) is 5.87. The topological polar surface area (TPSA) is 68.3 Å². The molecular formula is C25H25BrF2N2O3S. The van der Waals surface area contributed by atoms with Crippen LogP contribution in [0.4, 0.5) is 8.78 Å². The molecule has 9 heteroatoms. The lowest BCUT2D eigenvalue weighted by Gasteiger charge is -2.29. The zero-order chi connectivity index (χ0) is 23.2. The van der Waals surface area contributed by atoms with Crippen LogP contribution in [0.1, 0.15) is 46.3 Å². The summed E-state index contributed by atoms with van der Waals surface area (Å²) in [5.41, 5.74) is 0.775. The van der Waals surface area contributed by atoms with Crippen molar-refractivity contribution in [3.63, 3.8) is 0 Å². The Morgan fingerprint density at radius 3 is 2.21 bits per heavy atom. The van der Waals surface area contributed by atoms with Crippen LogP contribution in [-0.2, 0) is 9.53 Å². The van der Waals surface area contributed by atoms with Crippen LogP contribution in [0.25, 0.3) is 0 Å². The Bertz CT molecular complexity index is 1060. The van der Waals surface area contributed by atoms with Crippen LogP contribution in [0.15, 0.2) is 60.1 Å². The summed E-state index contributed by atoms with van der Waals surface area (Å²) in [5.74, 6) is -2.28. The van der Waals surface area contributed by atoms with E-state index in [1.54, 1.807) is 23.7 Å². The number of thiazole rings is 1. The lowest BCUT2D eigenvalue weighted by atomic mass is 9.80. The maximum Gasteiger partial charge on any atom is 0.307 e. The molecule has 180 valence electrons. The molecule has 1 saturated heterocycles. The van der Waals surface area contributed by atoms with Crippen molar-refractivity contribution in [1.29, 1.82) is 0 Å². The van der Waals surface area contributed by atoms with Crippen LogP contribution in [0, 0.1) is 23.5 Å². The van der Waals surface area contributed by atoms with E-state index in [-0.39, 0.29) is 35.1 Å². The Hall–Kier alpha value is -2.49. The smallest absolute Gasteiger partial charge is 0.307 e.